The highest BCUT2D eigenvalue weighted by Gasteiger charge is 2.29. The minimum atomic E-state index is -0.743. The summed E-state index contributed by atoms with van der Waals surface area (Å²) in [5.74, 6) is -1.13. The summed E-state index contributed by atoms with van der Waals surface area (Å²) in [7, 11) is 1.95. The lowest BCUT2D eigenvalue weighted by atomic mass is 9.92. The van der Waals surface area contributed by atoms with Crippen molar-refractivity contribution in [2.45, 2.75) is 19.4 Å². The topological polar surface area (TPSA) is 54.3 Å². The summed E-state index contributed by atoms with van der Waals surface area (Å²) in [6.07, 6.45) is 2.01. The molecule has 1 aromatic rings. The first-order valence-corrected chi connectivity index (χ1v) is 4.69. The van der Waals surface area contributed by atoms with E-state index < -0.39 is 5.97 Å². The Morgan fingerprint density at radius 2 is 2.43 bits per heavy atom. The maximum atomic E-state index is 11.0. The Morgan fingerprint density at radius 3 is 3.07 bits per heavy atom. The molecule has 0 saturated carbocycles. The van der Waals surface area contributed by atoms with Gasteiger partial charge in [-0.25, -0.2) is 0 Å². The number of hydrogen-bond donors (Lipinski definition) is 2. The van der Waals surface area contributed by atoms with E-state index in [9.17, 15) is 4.79 Å². The highest BCUT2D eigenvalue weighted by molar-refractivity contribution is 5.78. The van der Waals surface area contributed by atoms with E-state index in [0.717, 1.165) is 23.4 Å². The van der Waals surface area contributed by atoms with E-state index in [1.807, 2.05) is 24.7 Å². The van der Waals surface area contributed by atoms with Crippen molar-refractivity contribution in [1.82, 2.24) is 9.88 Å². The second-order valence-electron chi connectivity index (χ2n) is 3.79. The van der Waals surface area contributed by atoms with Crippen molar-refractivity contribution >= 4 is 5.97 Å². The molecular formula is C10H14N2O2. The van der Waals surface area contributed by atoms with E-state index in [1.165, 1.54) is 0 Å². The number of rotatable bonds is 1. The Kier molecular flexibility index (Phi) is 2.07. The van der Waals surface area contributed by atoms with Crippen molar-refractivity contribution in [3.05, 3.63) is 23.0 Å². The van der Waals surface area contributed by atoms with Crippen LogP contribution in [0.15, 0.2) is 6.20 Å². The summed E-state index contributed by atoms with van der Waals surface area (Å²) < 4.78 is 1.99. The molecule has 4 heteroatoms. The number of aliphatic carboxylic acids is 1. The summed E-state index contributed by atoms with van der Waals surface area (Å²) in [5.41, 5.74) is 3.18. The molecule has 0 spiro atoms. The maximum Gasteiger partial charge on any atom is 0.312 e. The van der Waals surface area contributed by atoms with Crippen LogP contribution >= 0.6 is 0 Å². The standard InChI is InChI=1S/C10H14N2O2/c1-6-9-7(5-12(6)2)3-11-4-8(9)10(13)14/h5,8,11H,3-4H2,1-2H3,(H,13,14). The Morgan fingerprint density at radius 1 is 1.71 bits per heavy atom. The van der Waals surface area contributed by atoms with E-state index in [1.54, 1.807) is 0 Å². The van der Waals surface area contributed by atoms with Crippen LogP contribution in [0.5, 0.6) is 0 Å². The first-order chi connectivity index (χ1) is 6.61. The fourth-order valence-corrected chi connectivity index (χ4v) is 2.10. The number of hydrogen-bond acceptors (Lipinski definition) is 2. The molecule has 2 N–H and O–H groups in total. The maximum absolute atomic E-state index is 11.0. The third kappa shape index (κ3) is 1.23. The van der Waals surface area contributed by atoms with Gasteiger partial charge in [-0.15, -0.1) is 0 Å². The number of carboxylic acids is 1. The van der Waals surface area contributed by atoms with Gasteiger partial charge in [0.2, 0.25) is 0 Å². The minimum absolute atomic E-state index is 0.389. The van der Waals surface area contributed by atoms with Crippen molar-refractivity contribution in [3.63, 3.8) is 0 Å². The van der Waals surface area contributed by atoms with Crippen molar-refractivity contribution in [1.29, 1.82) is 0 Å². The monoisotopic (exact) mass is 194 g/mol. The number of nitrogens with zero attached hydrogens (tertiary/aromatic N) is 1. The molecule has 0 radical (unpaired) electrons. The summed E-state index contributed by atoms with van der Waals surface area (Å²) in [5, 5.41) is 12.2. The number of nitrogens with one attached hydrogen (secondary N) is 1. The lowest BCUT2D eigenvalue weighted by Gasteiger charge is -2.20. The molecule has 0 amide bonds. The Hall–Kier alpha value is -1.29. The van der Waals surface area contributed by atoms with Gasteiger partial charge in [-0.05, 0) is 18.1 Å². The second-order valence-corrected chi connectivity index (χ2v) is 3.79. The molecular weight excluding hydrogens is 180 g/mol. The molecule has 14 heavy (non-hydrogen) atoms. The molecule has 1 aliphatic heterocycles. The molecule has 0 bridgehead atoms. The molecule has 1 unspecified atom stereocenters. The molecule has 0 saturated heterocycles. The van der Waals surface area contributed by atoms with Crippen molar-refractivity contribution < 1.29 is 9.90 Å². The van der Waals surface area contributed by atoms with Gasteiger partial charge < -0.3 is 15.0 Å². The quantitative estimate of drug-likeness (QED) is 0.688. The molecule has 1 aliphatic rings. The van der Waals surface area contributed by atoms with Crippen LogP contribution in [0.4, 0.5) is 0 Å². The SMILES string of the molecule is Cc1c2c(cn1C)CNCC2C(=O)O. The lowest BCUT2D eigenvalue weighted by molar-refractivity contribution is -0.138. The van der Waals surface area contributed by atoms with Gasteiger partial charge in [-0.3, -0.25) is 4.79 Å². The normalized spacial score (nSPS) is 20.6. The van der Waals surface area contributed by atoms with Gasteiger partial charge in [-0.1, -0.05) is 0 Å². The summed E-state index contributed by atoms with van der Waals surface area (Å²) in [4.78, 5) is 11.0. The molecule has 1 atom stereocenters. The summed E-state index contributed by atoms with van der Waals surface area (Å²) in [6.45, 7) is 3.29. The fourth-order valence-electron chi connectivity index (χ4n) is 2.10. The fraction of sp³-hybridized carbons (Fsp3) is 0.500. The van der Waals surface area contributed by atoms with Crippen LogP contribution in [0.25, 0.3) is 0 Å². The molecule has 4 nitrogen and oxygen atoms in total. The first kappa shape index (κ1) is 9.27. The third-order valence-corrected chi connectivity index (χ3v) is 2.92. The van der Waals surface area contributed by atoms with Crippen LogP contribution in [0, 0.1) is 6.92 Å². The van der Waals surface area contributed by atoms with Crippen LogP contribution in [0.2, 0.25) is 0 Å². The van der Waals surface area contributed by atoms with Gasteiger partial charge >= 0.3 is 5.97 Å². The summed E-state index contributed by atoms with van der Waals surface area (Å²) >= 11 is 0. The lowest BCUT2D eigenvalue weighted by Crippen LogP contribution is -2.32. The summed E-state index contributed by atoms with van der Waals surface area (Å²) in [6, 6.07) is 0. The predicted octanol–water partition coefficient (Wildman–Crippen LogP) is 0.605. The number of carboxylic acid groups (broad SMARTS) is 1. The van der Waals surface area contributed by atoms with Gasteiger partial charge in [-0.2, -0.15) is 0 Å². The molecule has 0 aliphatic carbocycles. The van der Waals surface area contributed by atoms with E-state index in [-0.39, 0.29) is 5.92 Å². The molecule has 1 aromatic heterocycles. The number of aromatic nitrogens is 1. The van der Waals surface area contributed by atoms with Gasteiger partial charge in [0, 0.05) is 32.0 Å². The average Bonchev–Trinajstić information content (AvgIpc) is 2.43. The number of aryl methyl sites for hydroxylation is 1. The van der Waals surface area contributed by atoms with E-state index >= 15 is 0 Å². The van der Waals surface area contributed by atoms with Gasteiger partial charge in [0.25, 0.3) is 0 Å². The zero-order valence-corrected chi connectivity index (χ0v) is 8.37. The van der Waals surface area contributed by atoms with Gasteiger partial charge in [0.15, 0.2) is 0 Å². The van der Waals surface area contributed by atoms with Gasteiger partial charge in [0.05, 0.1) is 5.92 Å². The minimum Gasteiger partial charge on any atom is -0.481 e. The van der Waals surface area contributed by atoms with Crippen molar-refractivity contribution in [2.75, 3.05) is 6.54 Å². The second kappa shape index (κ2) is 3.13. The smallest absolute Gasteiger partial charge is 0.312 e. The van der Waals surface area contributed by atoms with E-state index in [2.05, 4.69) is 5.32 Å². The third-order valence-electron chi connectivity index (χ3n) is 2.92. The predicted molar refractivity (Wildman–Crippen MR) is 52.2 cm³/mol. The molecule has 76 valence electrons. The van der Waals surface area contributed by atoms with Crippen LogP contribution in [0.3, 0.4) is 0 Å². The Bertz CT molecular complexity index is 382. The van der Waals surface area contributed by atoms with Gasteiger partial charge in [0.1, 0.15) is 0 Å². The van der Waals surface area contributed by atoms with Crippen molar-refractivity contribution in [2.24, 2.45) is 7.05 Å². The van der Waals surface area contributed by atoms with Crippen LogP contribution in [-0.2, 0) is 18.4 Å². The molecule has 2 rings (SSSR count). The number of carbonyl (C=O) groups is 1. The zero-order valence-electron chi connectivity index (χ0n) is 8.37. The van der Waals surface area contributed by atoms with Crippen LogP contribution < -0.4 is 5.32 Å². The largest absolute Gasteiger partial charge is 0.481 e. The average molecular weight is 194 g/mol. The van der Waals surface area contributed by atoms with Crippen LogP contribution in [0.1, 0.15) is 22.7 Å². The number of fused-ring (bicyclic) bond motifs is 1. The van der Waals surface area contributed by atoms with Crippen LogP contribution in [-0.4, -0.2) is 22.2 Å². The van der Waals surface area contributed by atoms with Crippen molar-refractivity contribution in [3.8, 4) is 0 Å². The Labute approximate surface area is 82.5 Å². The highest BCUT2D eigenvalue weighted by atomic mass is 16.4. The van der Waals surface area contributed by atoms with E-state index in [4.69, 9.17) is 5.11 Å². The zero-order chi connectivity index (χ0) is 10.3. The first-order valence-electron chi connectivity index (χ1n) is 4.69. The molecule has 0 aromatic carbocycles. The molecule has 0 fully saturated rings. The highest BCUT2D eigenvalue weighted by Crippen LogP contribution is 2.28. The molecule has 2 heterocycles. The van der Waals surface area contributed by atoms with E-state index in [0.29, 0.717) is 6.54 Å². The Balaban J connectivity index is 2.52.